The van der Waals surface area contributed by atoms with Gasteiger partial charge in [0.05, 0.1) is 17.1 Å². The van der Waals surface area contributed by atoms with Gasteiger partial charge in [0.1, 0.15) is 6.08 Å². The summed E-state index contributed by atoms with van der Waals surface area (Å²) in [5.41, 5.74) is 45.6. The van der Waals surface area contributed by atoms with E-state index in [1.807, 2.05) is 12.1 Å². The van der Waals surface area contributed by atoms with Gasteiger partial charge in [-0.3, -0.25) is 4.70 Å². The molecular formula is C121H88B8Br4FN4+. The van der Waals surface area contributed by atoms with E-state index < -0.39 is 0 Å². The normalized spacial score (nSPS) is 12.8. The van der Waals surface area contributed by atoms with Gasteiger partial charge in [-0.05, 0) is 158 Å². The summed E-state index contributed by atoms with van der Waals surface area (Å²) in [5.74, 6) is 0. The molecular weight excluding hydrogens is 1930 g/mol. The second-order valence-electron chi connectivity index (χ2n) is 35.7. The summed E-state index contributed by atoms with van der Waals surface area (Å²) in [7, 11) is 0. The molecule has 0 N–H and O–H groups in total. The number of rotatable bonds is 12. The van der Waals surface area contributed by atoms with Gasteiger partial charge in [0.25, 0.3) is 12.2 Å². The van der Waals surface area contributed by atoms with Crippen LogP contribution in [0.1, 0.15) is 8.85 Å². The molecule has 0 bridgehead atoms. The van der Waals surface area contributed by atoms with Gasteiger partial charge in [0.2, 0.25) is 33.6 Å². The third-order valence-corrected chi connectivity index (χ3v) is 31.4. The van der Waals surface area contributed by atoms with Gasteiger partial charge >= 0.3 is 5.54 Å². The third kappa shape index (κ3) is 15.8. The summed E-state index contributed by atoms with van der Waals surface area (Å²) in [6, 6.07) is 172. The van der Waals surface area contributed by atoms with E-state index in [1.54, 1.807) is 0 Å². The van der Waals surface area contributed by atoms with Crippen LogP contribution in [0.4, 0.5) is 55.9 Å². The highest BCUT2D eigenvalue weighted by atomic mass is 79.9. The molecule has 7 aliphatic rings. The number of benzene rings is 19. The zero-order valence-corrected chi connectivity index (χ0v) is 80.9. The maximum absolute atomic E-state index is 4.04. The molecule has 19 aromatic carbocycles. The van der Waals surface area contributed by atoms with Crippen LogP contribution >= 0.6 is 63.4 Å². The Morgan fingerprint density at radius 2 is 0.478 bits per heavy atom. The molecule has 0 spiro atoms. The van der Waals surface area contributed by atoms with Crippen molar-refractivity contribution in [2.75, 3.05) is 14.7 Å². The summed E-state index contributed by atoms with van der Waals surface area (Å²) in [6.07, 6.45) is 9.81. The Labute approximate surface area is 845 Å². The van der Waals surface area contributed by atoms with Crippen LogP contribution in [0, 0.1) is 6.08 Å². The molecule has 0 fully saturated rings. The predicted octanol–water partition coefficient (Wildman–Crippen LogP) is 18.0. The van der Waals surface area contributed by atoms with Gasteiger partial charge in [0, 0.05) is 101 Å². The molecule has 650 valence electrons. The van der Waals surface area contributed by atoms with Crippen LogP contribution in [0.15, 0.2) is 511 Å². The number of anilines is 9. The van der Waals surface area contributed by atoms with Gasteiger partial charge < -0.3 is 19.3 Å². The second-order valence-corrected chi connectivity index (χ2v) is 39.4. The van der Waals surface area contributed by atoms with Gasteiger partial charge in [-0.2, -0.15) is 0 Å². The fourth-order valence-electron chi connectivity index (χ4n) is 22.8. The molecule has 1 aliphatic carbocycles. The van der Waals surface area contributed by atoms with E-state index in [1.165, 1.54) is 148 Å². The molecule has 0 unspecified atom stereocenters. The molecule has 0 amide bonds. The zero-order valence-electron chi connectivity index (χ0n) is 74.6. The van der Waals surface area contributed by atoms with Crippen LogP contribution in [0.5, 0.6) is 0 Å². The van der Waals surface area contributed by atoms with Gasteiger partial charge in [-0.1, -0.05) is 464 Å². The Kier molecular flexibility index (Phi) is 24.8. The highest BCUT2D eigenvalue weighted by molar-refractivity contribution is 9.25. The van der Waals surface area contributed by atoms with E-state index in [0.29, 0.717) is 6.71 Å². The number of aromatic nitrogens is 1. The lowest BCUT2D eigenvalue weighted by atomic mass is 9.11. The standard InChI is InChI=1S/C60H42B4N2.C24H13B4Br2.C18H12BrN.C18H14BrN.CH4.FH.H2/c1-5-19-45(20-6-1)65(46-21-7-2-8-22-46)49-39-35-43(36-40-49)61-51-27-13-15-29-53(51)63-58-34-18-32-56-60(58)64(57-33-17-31-55(61)59(57)63)54-30-16-14-28-52(54)62(56)44-37-41-50(42-38-44)66(47-23-9-3-10-24-47)48-25-11-4-12-26-48;29-27-17-9-3-1-7-15(17)25-19-11-5-14-22-24(19)26(20-12-6-13-21(27)23(20)25)16-8-2-4-10-18(16)28(22)30;19-13-9-11-14(12-10-13)20-17-7-3-1-5-15(17)16-6-2-4-8-18(16)20;19-15-11-13-18(14-12-15)20(16-7-3-1-4-8-16)17-9-5-2-6-10-17;;;/h1-42H;1-3,5-14H;1-12H;1-14H;1H4;2*1H/q;+1;;;;;/i;;;;;;1+1. The molecule has 20 aromatic rings. The van der Waals surface area contributed by atoms with Crippen LogP contribution in [-0.2, 0) is 0 Å². The average Bonchev–Trinajstić information content (AvgIpc) is 1.38. The average molecular weight is 2020 g/mol. The van der Waals surface area contributed by atoms with E-state index in [4.69, 9.17) is 0 Å². The minimum absolute atomic E-state index is 0. The van der Waals surface area contributed by atoms with E-state index in [-0.39, 0.29) is 58.2 Å². The van der Waals surface area contributed by atoms with Crippen molar-refractivity contribution in [2.24, 2.45) is 0 Å². The van der Waals surface area contributed by atoms with E-state index in [0.717, 1.165) is 60.1 Å². The molecule has 138 heavy (non-hydrogen) atoms. The van der Waals surface area contributed by atoms with Crippen molar-refractivity contribution in [3.05, 3.63) is 517 Å². The lowest BCUT2D eigenvalue weighted by Crippen LogP contribution is -2.89. The number of para-hydroxylation sites is 8. The van der Waals surface area contributed by atoms with Crippen LogP contribution in [0.25, 0.3) is 27.5 Å². The van der Waals surface area contributed by atoms with Crippen molar-refractivity contribution in [1.29, 1.82) is 0 Å². The largest absolute Gasteiger partial charge is 0.358 e. The lowest BCUT2D eigenvalue weighted by molar-refractivity contribution is 1.11. The summed E-state index contributed by atoms with van der Waals surface area (Å²) in [5, 5.41) is 2.59. The molecule has 6 aliphatic heterocycles. The first-order chi connectivity index (χ1) is 67.2. The van der Waals surface area contributed by atoms with Crippen molar-refractivity contribution in [2.45, 2.75) is 7.43 Å². The van der Waals surface area contributed by atoms with Crippen LogP contribution < -0.4 is 124 Å². The summed E-state index contributed by atoms with van der Waals surface area (Å²) >= 11 is 15.1. The quantitative estimate of drug-likeness (QED) is 0.0895. The first-order valence-electron chi connectivity index (χ1n) is 46.7. The van der Waals surface area contributed by atoms with Crippen LogP contribution in [0.2, 0.25) is 0 Å². The number of fused-ring (bicyclic) bond motifs is 14. The van der Waals surface area contributed by atoms with Crippen molar-refractivity contribution in [1.82, 2.24) is 4.57 Å². The summed E-state index contributed by atoms with van der Waals surface area (Å²) in [6.45, 7) is 1.06. The number of hydrogen-bond acceptors (Lipinski definition) is 3. The first kappa shape index (κ1) is 89.1. The van der Waals surface area contributed by atoms with E-state index >= 15 is 0 Å². The summed E-state index contributed by atoms with van der Waals surface area (Å²) in [4.78, 5) is 6.94. The Bertz CT molecular complexity index is 7640. The van der Waals surface area contributed by atoms with Crippen molar-refractivity contribution < 1.29 is 6.13 Å². The zero-order chi connectivity index (χ0) is 90.9. The number of hydrogen-bond donors (Lipinski definition) is 0. The molecule has 0 saturated carbocycles. The maximum atomic E-state index is 4.04. The van der Waals surface area contributed by atoms with Gasteiger partial charge in [-0.25, -0.2) is 0 Å². The minimum atomic E-state index is 0. The molecule has 0 atom stereocenters. The molecule has 0 saturated heterocycles. The Hall–Kier alpha value is -14.1. The molecule has 4 nitrogen and oxygen atoms in total. The third-order valence-electron chi connectivity index (χ3n) is 28.4. The Morgan fingerprint density at radius 1 is 0.225 bits per heavy atom. The number of nitrogens with zero attached hydrogens (tertiary/aromatic N) is 4. The predicted molar refractivity (Wildman–Crippen MR) is 617 cm³/mol. The first-order valence-corrected chi connectivity index (χ1v) is 50.1. The number of allylic oxidation sites excluding steroid dienone is 6. The van der Waals surface area contributed by atoms with Crippen LogP contribution in [-0.4, -0.2) is 55.9 Å². The van der Waals surface area contributed by atoms with E-state index in [2.05, 4.69) is 568 Å². The monoisotopic (exact) mass is 2020 g/mol. The van der Waals surface area contributed by atoms with Gasteiger partial charge in [0.15, 0.2) is 0 Å². The van der Waals surface area contributed by atoms with Crippen molar-refractivity contribution >= 4 is 297 Å². The van der Waals surface area contributed by atoms with Crippen molar-refractivity contribution in [3.63, 3.8) is 0 Å². The highest BCUT2D eigenvalue weighted by Gasteiger charge is 2.53. The molecule has 1 aromatic heterocycles. The van der Waals surface area contributed by atoms with Crippen molar-refractivity contribution in [3.8, 4) is 5.69 Å². The Balaban J connectivity index is 0.000000128. The molecule has 0 radical (unpaired) electrons. The maximum Gasteiger partial charge on any atom is 0.358 e. The molecule has 7 heterocycles. The lowest BCUT2D eigenvalue weighted by Gasteiger charge is -2.43. The Morgan fingerprint density at radius 3 is 0.848 bits per heavy atom. The number of halogens is 5. The summed E-state index contributed by atoms with van der Waals surface area (Å²) < 4.78 is 4.50. The SMILES string of the molecule is BrB1C2=C(C=C[C+]=C2)B2c3cccc4c3B(c3ccccc3B4Br)c3cccc1c32.Brc1ccc(-n2c3ccccc3c3ccccc32)cc1.Brc1ccc(N(c2ccccc2)c2ccccc2)cc1.C.F.[2HH].c1ccc(N(c2ccccc2)c2ccc(B3c4ccccc4B4c5cccc6c5B(c5ccccc5B6c5ccc(N(c6ccccc6)c6ccccc6)cc5)c5cccc3c54)cc2)cc1. The second kappa shape index (κ2) is 38.5. The molecule has 17 heteroatoms. The highest BCUT2D eigenvalue weighted by Crippen LogP contribution is 2.39. The molecule has 27 rings (SSSR count). The van der Waals surface area contributed by atoms with Crippen LogP contribution in [0.3, 0.4) is 0 Å². The van der Waals surface area contributed by atoms with E-state index in [9.17, 15) is 0 Å². The minimum Gasteiger partial charge on any atom is -0.311 e. The smallest absolute Gasteiger partial charge is 0.311 e. The fourth-order valence-corrected chi connectivity index (χ4v) is 25.0. The topological polar surface area (TPSA) is 14.7 Å². The fraction of sp³-hybridized carbons (Fsp3) is 0.00826. The van der Waals surface area contributed by atoms with Gasteiger partial charge in [-0.15, -0.1) is 31.5 Å².